The molecule has 16 heavy (non-hydrogen) atoms. The average molecular weight is 232 g/mol. The summed E-state index contributed by atoms with van der Waals surface area (Å²) in [6.45, 7) is 4.10. The predicted molar refractivity (Wildman–Crippen MR) is 62.4 cm³/mol. The molecule has 2 unspecified atom stereocenters. The van der Waals surface area contributed by atoms with Gasteiger partial charge in [0.05, 0.1) is 18.1 Å². The molecule has 2 N–H and O–H groups in total. The molecule has 96 valence electrons. The number of aliphatic hydroxyl groups is 1. The highest BCUT2D eigenvalue weighted by atomic mass is 16.5. The van der Waals surface area contributed by atoms with Gasteiger partial charge in [0.15, 0.2) is 0 Å². The fourth-order valence-electron chi connectivity index (χ4n) is 1.99. The Balaban J connectivity index is 4.55. The van der Waals surface area contributed by atoms with Crippen LogP contribution in [-0.4, -0.2) is 36.0 Å². The lowest BCUT2D eigenvalue weighted by Gasteiger charge is -2.30. The molecule has 2 atom stereocenters. The third kappa shape index (κ3) is 4.49. The Morgan fingerprint density at radius 2 is 2.06 bits per heavy atom. The number of carboxylic acids is 1. The van der Waals surface area contributed by atoms with Crippen LogP contribution < -0.4 is 0 Å². The SMILES string of the molecule is CCCCC(CC)(CC(O)COC)C(=O)O. The Labute approximate surface area is 97.6 Å². The summed E-state index contributed by atoms with van der Waals surface area (Å²) in [5.74, 6) is -0.807. The lowest BCUT2D eigenvalue weighted by molar-refractivity contribution is -0.152. The number of hydrogen-bond acceptors (Lipinski definition) is 3. The van der Waals surface area contributed by atoms with Crippen molar-refractivity contribution in [2.75, 3.05) is 13.7 Å². The van der Waals surface area contributed by atoms with E-state index >= 15 is 0 Å². The molecule has 0 saturated heterocycles. The Morgan fingerprint density at radius 1 is 1.44 bits per heavy atom. The Hall–Kier alpha value is -0.610. The summed E-state index contributed by atoms with van der Waals surface area (Å²) < 4.78 is 4.84. The van der Waals surface area contributed by atoms with E-state index in [1.807, 2.05) is 13.8 Å². The molecule has 0 aliphatic rings. The van der Waals surface area contributed by atoms with Gasteiger partial charge in [-0.25, -0.2) is 0 Å². The summed E-state index contributed by atoms with van der Waals surface area (Å²) >= 11 is 0. The molecule has 0 rings (SSSR count). The van der Waals surface area contributed by atoms with Crippen molar-refractivity contribution >= 4 is 5.97 Å². The van der Waals surface area contributed by atoms with Gasteiger partial charge < -0.3 is 14.9 Å². The zero-order valence-corrected chi connectivity index (χ0v) is 10.5. The normalized spacial score (nSPS) is 16.8. The van der Waals surface area contributed by atoms with Crippen LogP contribution in [0.1, 0.15) is 46.0 Å². The van der Waals surface area contributed by atoms with E-state index in [4.69, 9.17) is 4.74 Å². The zero-order valence-electron chi connectivity index (χ0n) is 10.5. The molecule has 0 aromatic carbocycles. The van der Waals surface area contributed by atoms with Crippen molar-refractivity contribution in [3.8, 4) is 0 Å². The number of ether oxygens (including phenoxy) is 1. The summed E-state index contributed by atoms with van der Waals surface area (Å²) in [7, 11) is 1.50. The Kier molecular flexibility index (Phi) is 7.34. The first kappa shape index (κ1) is 15.4. The van der Waals surface area contributed by atoms with Gasteiger partial charge in [0.2, 0.25) is 0 Å². The summed E-state index contributed by atoms with van der Waals surface area (Å²) in [5.41, 5.74) is -0.798. The van der Waals surface area contributed by atoms with Crippen molar-refractivity contribution in [1.29, 1.82) is 0 Å². The number of hydrogen-bond donors (Lipinski definition) is 2. The maximum Gasteiger partial charge on any atom is 0.309 e. The van der Waals surface area contributed by atoms with Gasteiger partial charge in [0.25, 0.3) is 0 Å². The number of unbranched alkanes of at least 4 members (excludes halogenated alkanes) is 1. The lowest BCUT2D eigenvalue weighted by atomic mass is 9.76. The van der Waals surface area contributed by atoms with Crippen LogP contribution in [0.5, 0.6) is 0 Å². The molecule has 0 aromatic heterocycles. The molecule has 0 spiro atoms. The van der Waals surface area contributed by atoms with Gasteiger partial charge in [-0.15, -0.1) is 0 Å². The summed E-state index contributed by atoms with van der Waals surface area (Å²) in [5, 5.41) is 19.0. The second-order valence-electron chi connectivity index (χ2n) is 4.36. The smallest absolute Gasteiger partial charge is 0.309 e. The minimum Gasteiger partial charge on any atom is -0.481 e. The minimum atomic E-state index is -0.807. The second-order valence-corrected chi connectivity index (χ2v) is 4.36. The van der Waals surface area contributed by atoms with E-state index in [2.05, 4.69) is 0 Å². The molecular weight excluding hydrogens is 208 g/mol. The number of carboxylic acid groups (broad SMARTS) is 1. The van der Waals surface area contributed by atoms with Crippen LogP contribution in [0.15, 0.2) is 0 Å². The van der Waals surface area contributed by atoms with Crippen molar-refractivity contribution in [2.45, 2.75) is 52.1 Å². The molecule has 0 aliphatic carbocycles. The van der Waals surface area contributed by atoms with Crippen molar-refractivity contribution in [3.63, 3.8) is 0 Å². The maximum atomic E-state index is 11.3. The average Bonchev–Trinajstić information content (AvgIpc) is 2.24. The van der Waals surface area contributed by atoms with Gasteiger partial charge >= 0.3 is 5.97 Å². The van der Waals surface area contributed by atoms with Crippen molar-refractivity contribution < 1.29 is 19.7 Å². The quantitative estimate of drug-likeness (QED) is 0.638. The Morgan fingerprint density at radius 3 is 2.44 bits per heavy atom. The van der Waals surface area contributed by atoms with Crippen molar-refractivity contribution in [2.24, 2.45) is 5.41 Å². The number of aliphatic carboxylic acids is 1. The standard InChI is InChI=1S/C12H24O4/c1-4-6-7-12(5-2,11(14)15)8-10(13)9-16-3/h10,13H,4-9H2,1-3H3,(H,14,15). The molecule has 0 aromatic rings. The van der Waals surface area contributed by atoms with Gasteiger partial charge in [0.1, 0.15) is 0 Å². The van der Waals surface area contributed by atoms with E-state index in [0.717, 1.165) is 12.8 Å². The first-order chi connectivity index (χ1) is 7.52. The van der Waals surface area contributed by atoms with E-state index in [-0.39, 0.29) is 13.0 Å². The van der Waals surface area contributed by atoms with Gasteiger partial charge in [-0.2, -0.15) is 0 Å². The monoisotopic (exact) mass is 232 g/mol. The van der Waals surface area contributed by atoms with Crippen LogP contribution >= 0.6 is 0 Å². The van der Waals surface area contributed by atoms with Crippen LogP contribution in [-0.2, 0) is 9.53 Å². The van der Waals surface area contributed by atoms with Crippen LogP contribution in [0, 0.1) is 5.41 Å². The molecule has 0 radical (unpaired) electrons. The number of rotatable bonds is 9. The van der Waals surface area contributed by atoms with Crippen molar-refractivity contribution in [3.05, 3.63) is 0 Å². The maximum absolute atomic E-state index is 11.3. The van der Waals surface area contributed by atoms with Gasteiger partial charge in [-0.3, -0.25) is 4.79 Å². The number of carbonyl (C=O) groups is 1. The van der Waals surface area contributed by atoms with E-state index < -0.39 is 17.5 Å². The number of aliphatic hydroxyl groups excluding tert-OH is 1. The van der Waals surface area contributed by atoms with E-state index in [9.17, 15) is 15.0 Å². The summed E-state index contributed by atoms with van der Waals surface area (Å²) in [6.07, 6.45) is 2.58. The first-order valence-corrected chi connectivity index (χ1v) is 5.92. The lowest BCUT2D eigenvalue weighted by Crippen LogP contribution is -2.35. The molecular formula is C12H24O4. The van der Waals surface area contributed by atoms with E-state index in [1.165, 1.54) is 7.11 Å². The van der Waals surface area contributed by atoms with Gasteiger partial charge in [0, 0.05) is 7.11 Å². The highest BCUT2D eigenvalue weighted by Gasteiger charge is 2.37. The second kappa shape index (κ2) is 7.63. The van der Waals surface area contributed by atoms with Crippen LogP contribution in [0.3, 0.4) is 0 Å². The fourth-order valence-corrected chi connectivity index (χ4v) is 1.99. The topological polar surface area (TPSA) is 66.8 Å². The fraction of sp³-hybridized carbons (Fsp3) is 0.917. The molecule has 0 heterocycles. The van der Waals surface area contributed by atoms with E-state index in [1.54, 1.807) is 0 Å². The highest BCUT2D eigenvalue weighted by molar-refractivity contribution is 5.74. The molecule has 0 aliphatic heterocycles. The van der Waals surface area contributed by atoms with Crippen LogP contribution in [0.25, 0.3) is 0 Å². The molecule has 4 heteroatoms. The number of methoxy groups -OCH3 is 1. The van der Waals surface area contributed by atoms with Crippen molar-refractivity contribution in [1.82, 2.24) is 0 Å². The molecule has 0 amide bonds. The van der Waals surface area contributed by atoms with Crippen LogP contribution in [0.2, 0.25) is 0 Å². The largest absolute Gasteiger partial charge is 0.481 e. The Bertz CT molecular complexity index is 205. The van der Waals surface area contributed by atoms with E-state index in [0.29, 0.717) is 12.8 Å². The zero-order chi connectivity index (χ0) is 12.6. The first-order valence-electron chi connectivity index (χ1n) is 5.92. The molecule has 0 fully saturated rings. The minimum absolute atomic E-state index is 0.196. The summed E-state index contributed by atoms with van der Waals surface area (Å²) in [6, 6.07) is 0. The molecule has 4 nitrogen and oxygen atoms in total. The van der Waals surface area contributed by atoms with Crippen LogP contribution in [0.4, 0.5) is 0 Å². The van der Waals surface area contributed by atoms with Gasteiger partial charge in [-0.1, -0.05) is 26.7 Å². The van der Waals surface area contributed by atoms with Gasteiger partial charge in [-0.05, 0) is 19.3 Å². The third-order valence-electron chi connectivity index (χ3n) is 3.12. The highest BCUT2D eigenvalue weighted by Crippen LogP contribution is 2.34. The predicted octanol–water partition coefficient (Wildman–Crippen LogP) is 2.06. The molecule has 0 bridgehead atoms. The third-order valence-corrected chi connectivity index (χ3v) is 3.12. The summed E-state index contributed by atoms with van der Waals surface area (Å²) in [4.78, 5) is 11.3. The molecule has 0 saturated carbocycles.